The molecular weight excluding hydrogens is 271 g/mol. The van der Waals surface area contributed by atoms with Gasteiger partial charge >= 0.3 is 0 Å². The number of nitrogens with one attached hydrogen (secondary N) is 1. The van der Waals surface area contributed by atoms with Crippen LogP contribution in [0, 0.1) is 5.92 Å². The lowest BCUT2D eigenvalue weighted by molar-refractivity contribution is -0.117. The first-order chi connectivity index (χ1) is 9.04. The first kappa shape index (κ1) is 12.1. The molecule has 5 nitrogen and oxygen atoms in total. The van der Waals surface area contributed by atoms with Crippen molar-refractivity contribution in [1.29, 1.82) is 0 Å². The van der Waals surface area contributed by atoms with Crippen molar-refractivity contribution in [2.24, 2.45) is 5.92 Å². The van der Waals surface area contributed by atoms with Gasteiger partial charge in [-0.05, 0) is 18.6 Å². The molecule has 1 aliphatic rings. The molecule has 2 aromatic rings. The van der Waals surface area contributed by atoms with Crippen LogP contribution in [-0.2, 0) is 4.79 Å². The van der Waals surface area contributed by atoms with Crippen LogP contribution in [0.25, 0.3) is 10.9 Å². The molecule has 0 aliphatic heterocycles. The highest BCUT2D eigenvalue weighted by molar-refractivity contribution is 6.30. The Labute approximate surface area is 113 Å². The first-order valence-electron chi connectivity index (χ1n) is 5.71. The van der Waals surface area contributed by atoms with Crippen LogP contribution in [-0.4, -0.2) is 22.0 Å². The van der Waals surface area contributed by atoms with Gasteiger partial charge in [-0.25, -0.2) is 9.37 Å². The average Bonchev–Trinajstić information content (AvgIpc) is 3.05. The van der Waals surface area contributed by atoms with Crippen molar-refractivity contribution in [3.8, 4) is 0 Å². The summed E-state index contributed by atoms with van der Waals surface area (Å²) < 4.78 is 12.8. The molecule has 3 N–H and O–H groups in total. The van der Waals surface area contributed by atoms with Crippen molar-refractivity contribution >= 4 is 39.9 Å². The number of fused-ring (bicyclic) bond motifs is 1. The van der Waals surface area contributed by atoms with E-state index >= 15 is 0 Å². The van der Waals surface area contributed by atoms with Gasteiger partial charge in [0.1, 0.15) is 16.8 Å². The molecule has 2 atom stereocenters. The lowest BCUT2D eigenvalue weighted by Crippen LogP contribution is -2.15. The van der Waals surface area contributed by atoms with Crippen molar-refractivity contribution in [2.75, 3.05) is 11.1 Å². The Hall–Kier alpha value is -1.95. The second kappa shape index (κ2) is 4.31. The van der Waals surface area contributed by atoms with Crippen molar-refractivity contribution in [3.05, 3.63) is 23.5 Å². The highest BCUT2D eigenvalue weighted by Crippen LogP contribution is 2.35. The van der Waals surface area contributed by atoms with Gasteiger partial charge in [0.2, 0.25) is 5.91 Å². The summed E-state index contributed by atoms with van der Waals surface area (Å²) in [7, 11) is 0. The van der Waals surface area contributed by atoms with Crippen LogP contribution < -0.4 is 11.1 Å². The number of anilines is 2. The molecule has 0 bridgehead atoms. The minimum atomic E-state index is -1.03. The van der Waals surface area contributed by atoms with Crippen molar-refractivity contribution < 1.29 is 9.18 Å². The zero-order valence-electron chi connectivity index (χ0n) is 9.73. The second-order valence-corrected chi connectivity index (χ2v) is 4.86. The van der Waals surface area contributed by atoms with Crippen LogP contribution in [0.2, 0.25) is 5.15 Å². The molecule has 1 amide bonds. The SMILES string of the molecule is Nc1nc(Cl)cc2cc(NC(=O)[C@@H]3C[C@@H]3F)cnc12. The number of nitrogen functional groups attached to an aromatic ring is 1. The molecular formula is C12H10ClFN4O. The summed E-state index contributed by atoms with van der Waals surface area (Å²) in [5.74, 6) is -0.644. The van der Waals surface area contributed by atoms with Crippen molar-refractivity contribution in [1.82, 2.24) is 9.97 Å². The van der Waals surface area contributed by atoms with Gasteiger partial charge in [-0.1, -0.05) is 11.6 Å². The molecule has 7 heteroatoms. The molecule has 2 heterocycles. The molecule has 19 heavy (non-hydrogen) atoms. The van der Waals surface area contributed by atoms with E-state index in [9.17, 15) is 9.18 Å². The maximum absolute atomic E-state index is 12.8. The smallest absolute Gasteiger partial charge is 0.230 e. The van der Waals surface area contributed by atoms with Gasteiger partial charge in [0, 0.05) is 5.39 Å². The van der Waals surface area contributed by atoms with Gasteiger partial charge in [-0.15, -0.1) is 0 Å². The van der Waals surface area contributed by atoms with Crippen LogP contribution in [0.5, 0.6) is 0 Å². The number of hydrogen-bond donors (Lipinski definition) is 2. The van der Waals surface area contributed by atoms with Crippen LogP contribution in [0.15, 0.2) is 18.3 Å². The van der Waals surface area contributed by atoms with E-state index in [4.69, 9.17) is 17.3 Å². The van der Waals surface area contributed by atoms with E-state index in [1.165, 1.54) is 6.20 Å². The first-order valence-corrected chi connectivity index (χ1v) is 6.09. The third kappa shape index (κ3) is 2.31. The maximum atomic E-state index is 12.8. The lowest BCUT2D eigenvalue weighted by atomic mass is 10.2. The normalized spacial score (nSPS) is 21.4. The highest BCUT2D eigenvalue weighted by atomic mass is 35.5. The van der Waals surface area contributed by atoms with Gasteiger partial charge < -0.3 is 11.1 Å². The van der Waals surface area contributed by atoms with Gasteiger partial charge in [0.15, 0.2) is 5.82 Å². The average molecular weight is 281 g/mol. The molecule has 1 aliphatic carbocycles. The number of carbonyl (C=O) groups excluding carboxylic acids is 1. The summed E-state index contributed by atoms with van der Waals surface area (Å²) in [6.45, 7) is 0. The summed E-state index contributed by atoms with van der Waals surface area (Å²) in [6, 6.07) is 3.28. The Bertz CT molecular complexity index is 678. The molecule has 0 saturated heterocycles. The minimum Gasteiger partial charge on any atom is -0.382 e. The van der Waals surface area contributed by atoms with Gasteiger partial charge in [-0.2, -0.15) is 0 Å². The summed E-state index contributed by atoms with van der Waals surface area (Å²) in [6.07, 6.45) is 0.722. The fourth-order valence-corrected chi connectivity index (χ4v) is 2.08. The lowest BCUT2D eigenvalue weighted by Gasteiger charge is -2.06. The molecule has 0 radical (unpaired) electrons. The number of alkyl halides is 1. The Morgan fingerprint density at radius 1 is 1.53 bits per heavy atom. The van der Waals surface area contributed by atoms with Crippen LogP contribution >= 0.6 is 11.6 Å². The Balaban J connectivity index is 1.91. The molecule has 2 aromatic heterocycles. The molecule has 0 aromatic carbocycles. The highest BCUT2D eigenvalue weighted by Gasteiger charge is 2.43. The van der Waals surface area contributed by atoms with Crippen molar-refractivity contribution in [2.45, 2.75) is 12.6 Å². The predicted molar refractivity (Wildman–Crippen MR) is 70.6 cm³/mol. The molecule has 1 saturated carbocycles. The van der Waals surface area contributed by atoms with E-state index in [0.29, 0.717) is 16.6 Å². The minimum absolute atomic E-state index is 0.228. The largest absolute Gasteiger partial charge is 0.382 e. The molecule has 98 valence electrons. The number of amides is 1. The summed E-state index contributed by atoms with van der Waals surface area (Å²) in [5, 5.41) is 3.54. The molecule has 1 fully saturated rings. The number of halogens is 2. The number of nitrogens with two attached hydrogens (primary N) is 1. The zero-order chi connectivity index (χ0) is 13.6. The van der Waals surface area contributed by atoms with E-state index in [2.05, 4.69) is 15.3 Å². The van der Waals surface area contributed by atoms with Crippen molar-refractivity contribution in [3.63, 3.8) is 0 Å². The van der Waals surface area contributed by atoms with Crippen LogP contribution in [0.3, 0.4) is 0 Å². The maximum Gasteiger partial charge on any atom is 0.230 e. The summed E-state index contributed by atoms with van der Waals surface area (Å²) in [5.41, 5.74) is 6.69. The number of hydrogen-bond acceptors (Lipinski definition) is 4. The number of pyridine rings is 2. The van der Waals surface area contributed by atoms with Gasteiger partial charge in [0.25, 0.3) is 0 Å². The van der Waals surface area contributed by atoms with E-state index in [0.717, 1.165) is 0 Å². The third-order valence-electron chi connectivity index (χ3n) is 2.98. The van der Waals surface area contributed by atoms with E-state index < -0.39 is 12.1 Å². The topological polar surface area (TPSA) is 80.9 Å². The summed E-state index contributed by atoms with van der Waals surface area (Å²) >= 11 is 5.81. The number of rotatable bonds is 2. The third-order valence-corrected chi connectivity index (χ3v) is 3.17. The molecule has 3 rings (SSSR count). The number of nitrogens with zero attached hydrogens (tertiary/aromatic N) is 2. The van der Waals surface area contributed by atoms with Gasteiger partial charge in [-0.3, -0.25) is 9.78 Å². The fourth-order valence-electron chi connectivity index (χ4n) is 1.87. The zero-order valence-corrected chi connectivity index (χ0v) is 10.5. The summed E-state index contributed by atoms with van der Waals surface area (Å²) in [4.78, 5) is 19.6. The van der Waals surface area contributed by atoms with Crippen LogP contribution in [0.4, 0.5) is 15.9 Å². The van der Waals surface area contributed by atoms with Crippen LogP contribution in [0.1, 0.15) is 6.42 Å². The van der Waals surface area contributed by atoms with E-state index in [1.807, 2.05) is 0 Å². The second-order valence-electron chi connectivity index (χ2n) is 4.47. The monoisotopic (exact) mass is 280 g/mol. The number of aromatic nitrogens is 2. The quantitative estimate of drug-likeness (QED) is 0.826. The van der Waals surface area contributed by atoms with E-state index in [-0.39, 0.29) is 23.3 Å². The predicted octanol–water partition coefficient (Wildman–Crippen LogP) is 2.16. The van der Waals surface area contributed by atoms with Gasteiger partial charge in [0.05, 0.1) is 17.8 Å². The molecule has 0 spiro atoms. The standard InChI is InChI=1S/C12H10ClFN4O/c13-9-2-5-1-6(4-16-10(5)11(15)18-9)17-12(19)7-3-8(7)14/h1-2,4,7-8H,3H2,(H2,15,18)(H,17,19)/t7-,8+/m1/s1. The number of carbonyl (C=O) groups is 1. The Morgan fingerprint density at radius 2 is 2.26 bits per heavy atom. The molecule has 0 unspecified atom stereocenters. The Kier molecular flexibility index (Phi) is 2.74. The van der Waals surface area contributed by atoms with E-state index in [1.54, 1.807) is 12.1 Å². The Morgan fingerprint density at radius 3 is 2.95 bits per heavy atom. The fraction of sp³-hybridized carbons (Fsp3) is 0.250.